The summed E-state index contributed by atoms with van der Waals surface area (Å²) in [7, 11) is 1.82. The molecular formula is C25H26F2N8. The average molecular weight is 477 g/mol. The van der Waals surface area contributed by atoms with Crippen molar-refractivity contribution in [2.75, 3.05) is 31.5 Å². The molecule has 2 fully saturated rings. The number of nitrogens with zero attached hydrogens (tertiary/aromatic N) is 6. The van der Waals surface area contributed by atoms with Gasteiger partial charge in [-0.3, -0.25) is 9.58 Å². The number of rotatable bonds is 6. The number of benzene rings is 1. The molecular weight excluding hydrogens is 450 g/mol. The Morgan fingerprint density at radius 2 is 1.89 bits per heavy atom. The van der Waals surface area contributed by atoms with Crippen LogP contribution in [0.2, 0.25) is 0 Å². The normalized spacial score (nSPS) is 16.7. The van der Waals surface area contributed by atoms with E-state index in [-0.39, 0.29) is 11.6 Å². The molecule has 10 heteroatoms. The lowest BCUT2D eigenvalue weighted by molar-refractivity contribution is 0.233. The van der Waals surface area contributed by atoms with Crippen molar-refractivity contribution in [1.82, 2.24) is 34.9 Å². The molecule has 2 N–H and O–H groups in total. The van der Waals surface area contributed by atoms with Gasteiger partial charge in [-0.05, 0) is 36.6 Å². The summed E-state index contributed by atoms with van der Waals surface area (Å²) in [4.78, 5) is 15.2. The standard InChI is InChI=1S/C25H26F2N8/c1-34-24(16-3-4-16)18-10-17(11-19(26)23(18)33-34)22-20(27)13-30-25(32-22)31-21-5-2-15(12-29-21)14-35-8-6-28-7-9-35/h2,5,10-13,16,28H,3-4,6-9,14H2,1H3,(H,29,30,31,32). The molecule has 6 rings (SSSR count). The number of aryl methyl sites for hydroxylation is 1. The van der Waals surface area contributed by atoms with E-state index in [2.05, 4.69) is 35.6 Å². The van der Waals surface area contributed by atoms with E-state index in [4.69, 9.17) is 0 Å². The Bertz CT molecular complexity index is 1370. The zero-order valence-corrected chi connectivity index (χ0v) is 19.4. The second-order valence-electron chi connectivity index (χ2n) is 9.23. The van der Waals surface area contributed by atoms with Crippen LogP contribution in [-0.4, -0.2) is 55.8 Å². The third-order valence-corrected chi connectivity index (χ3v) is 6.60. The van der Waals surface area contributed by atoms with Gasteiger partial charge in [-0.15, -0.1) is 0 Å². The van der Waals surface area contributed by atoms with Crippen LogP contribution in [0.4, 0.5) is 20.5 Å². The van der Waals surface area contributed by atoms with Crippen molar-refractivity contribution in [2.45, 2.75) is 25.3 Å². The summed E-state index contributed by atoms with van der Waals surface area (Å²) in [5.74, 6) is 0.00176. The average Bonchev–Trinajstić information content (AvgIpc) is 3.64. The fraction of sp³-hybridized carbons (Fsp3) is 0.360. The first-order chi connectivity index (χ1) is 17.0. The fourth-order valence-corrected chi connectivity index (χ4v) is 4.72. The highest BCUT2D eigenvalue weighted by Gasteiger charge is 2.30. The molecule has 35 heavy (non-hydrogen) atoms. The molecule has 0 atom stereocenters. The molecule has 3 aromatic heterocycles. The zero-order valence-electron chi connectivity index (χ0n) is 19.4. The number of halogens is 2. The topological polar surface area (TPSA) is 83.8 Å². The molecule has 1 aliphatic heterocycles. The van der Waals surface area contributed by atoms with Gasteiger partial charge in [0.2, 0.25) is 5.95 Å². The van der Waals surface area contributed by atoms with Gasteiger partial charge in [-0.25, -0.2) is 23.7 Å². The highest BCUT2D eigenvalue weighted by Crippen LogP contribution is 2.44. The summed E-state index contributed by atoms with van der Waals surface area (Å²) < 4.78 is 31.4. The van der Waals surface area contributed by atoms with E-state index >= 15 is 0 Å². The minimum Gasteiger partial charge on any atom is -0.314 e. The summed E-state index contributed by atoms with van der Waals surface area (Å²) in [6.45, 7) is 4.87. The Kier molecular flexibility index (Phi) is 5.62. The Morgan fingerprint density at radius 1 is 1.06 bits per heavy atom. The number of piperazine rings is 1. The Morgan fingerprint density at radius 3 is 2.63 bits per heavy atom. The number of pyridine rings is 1. The minimum atomic E-state index is -0.620. The van der Waals surface area contributed by atoms with Crippen LogP contribution < -0.4 is 10.6 Å². The highest BCUT2D eigenvalue weighted by atomic mass is 19.1. The molecule has 0 unspecified atom stereocenters. The van der Waals surface area contributed by atoms with Crippen molar-refractivity contribution in [1.29, 1.82) is 0 Å². The van der Waals surface area contributed by atoms with Crippen LogP contribution in [0.1, 0.15) is 30.0 Å². The van der Waals surface area contributed by atoms with E-state index < -0.39 is 11.6 Å². The Balaban J connectivity index is 1.26. The van der Waals surface area contributed by atoms with Gasteiger partial charge in [-0.2, -0.15) is 5.10 Å². The van der Waals surface area contributed by atoms with Crippen LogP contribution in [0.5, 0.6) is 0 Å². The first-order valence-electron chi connectivity index (χ1n) is 11.9. The first kappa shape index (κ1) is 22.0. The summed E-state index contributed by atoms with van der Waals surface area (Å²) >= 11 is 0. The molecule has 0 radical (unpaired) electrons. The van der Waals surface area contributed by atoms with Gasteiger partial charge in [-0.1, -0.05) is 6.07 Å². The molecule has 0 bridgehead atoms. The van der Waals surface area contributed by atoms with Crippen LogP contribution in [-0.2, 0) is 13.6 Å². The zero-order chi connectivity index (χ0) is 23.9. The van der Waals surface area contributed by atoms with E-state index in [9.17, 15) is 8.78 Å². The Labute approximate surface area is 201 Å². The molecule has 1 saturated carbocycles. The number of aromatic nitrogens is 5. The third kappa shape index (κ3) is 4.46. The van der Waals surface area contributed by atoms with E-state index in [1.54, 1.807) is 10.7 Å². The van der Waals surface area contributed by atoms with Crippen LogP contribution in [0.3, 0.4) is 0 Å². The maximum absolute atomic E-state index is 14.9. The molecule has 2 aliphatic rings. The summed E-state index contributed by atoms with van der Waals surface area (Å²) in [5.41, 5.74) is 2.79. The van der Waals surface area contributed by atoms with Crippen molar-refractivity contribution in [3.05, 3.63) is 59.6 Å². The van der Waals surface area contributed by atoms with Gasteiger partial charge in [0.1, 0.15) is 17.0 Å². The van der Waals surface area contributed by atoms with E-state index in [1.807, 2.05) is 25.4 Å². The maximum atomic E-state index is 14.9. The second kappa shape index (κ2) is 8.94. The van der Waals surface area contributed by atoms with Gasteiger partial charge in [0.05, 0.1) is 6.20 Å². The lowest BCUT2D eigenvalue weighted by Gasteiger charge is -2.27. The maximum Gasteiger partial charge on any atom is 0.229 e. The van der Waals surface area contributed by atoms with Crippen LogP contribution >= 0.6 is 0 Å². The van der Waals surface area contributed by atoms with Gasteiger partial charge < -0.3 is 10.6 Å². The van der Waals surface area contributed by atoms with Gasteiger partial charge in [0.15, 0.2) is 11.6 Å². The molecule has 1 aliphatic carbocycles. The lowest BCUT2D eigenvalue weighted by Crippen LogP contribution is -2.42. The van der Waals surface area contributed by atoms with Crippen molar-refractivity contribution in [3.63, 3.8) is 0 Å². The smallest absolute Gasteiger partial charge is 0.229 e. The van der Waals surface area contributed by atoms with Crippen LogP contribution in [0, 0.1) is 11.6 Å². The number of anilines is 2. The largest absolute Gasteiger partial charge is 0.314 e. The molecule has 8 nitrogen and oxygen atoms in total. The van der Waals surface area contributed by atoms with E-state index in [0.717, 1.165) is 63.0 Å². The quantitative estimate of drug-likeness (QED) is 0.439. The number of nitrogens with one attached hydrogen (secondary N) is 2. The molecule has 1 aromatic carbocycles. The van der Waals surface area contributed by atoms with Gasteiger partial charge in [0.25, 0.3) is 0 Å². The van der Waals surface area contributed by atoms with Crippen molar-refractivity contribution >= 4 is 22.7 Å². The van der Waals surface area contributed by atoms with Gasteiger partial charge >= 0.3 is 0 Å². The lowest BCUT2D eigenvalue weighted by atomic mass is 10.1. The van der Waals surface area contributed by atoms with Crippen molar-refractivity contribution in [2.24, 2.45) is 7.05 Å². The molecule has 180 valence electrons. The summed E-state index contributed by atoms with van der Waals surface area (Å²) in [5, 5.41) is 11.4. The third-order valence-electron chi connectivity index (χ3n) is 6.60. The predicted octanol–water partition coefficient (Wildman–Crippen LogP) is 3.73. The number of fused-ring (bicyclic) bond motifs is 1. The molecule has 0 amide bonds. The summed E-state index contributed by atoms with van der Waals surface area (Å²) in [6, 6.07) is 6.92. The molecule has 0 spiro atoms. The second-order valence-corrected chi connectivity index (χ2v) is 9.23. The minimum absolute atomic E-state index is 0.0317. The molecule has 4 aromatic rings. The fourth-order valence-electron chi connectivity index (χ4n) is 4.72. The predicted molar refractivity (Wildman–Crippen MR) is 129 cm³/mol. The SMILES string of the molecule is Cn1nc2c(F)cc(-c3nc(Nc4ccc(CN5CCNCC5)cn4)ncc3F)cc2c1C1CC1. The van der Waals surface area contributed by atoms with E-state index in [1.165, 1.54) is 6.07 Å². The number of hydrogen-bond donors (Lipinski definition) is 2. The van der Waals surface area contributed by atoms with E-state index in [0.29, 0.717) is 28.2 Å². The molecule has 4 heterocycles. The van der Waals surface area contributed by atoms with Gasteiger partial charge in [0, 0.05) is 68.5 Å². The van der Waals surface area contributed by atoms with Crippen molar-refractivity contribution in [3.8, 4) is 11.3 Å². The first-order valence-corrected chi connectivity index (χ1v) is 11.9. The summed E-state index contributed by atoms with van der Waals surface area (Å²) in [6.07, 6.45) is 5.02. The molecule has 1 saturated heterocycles. The number of hydrogen-bond acceptors (Lipinski definition) is 7. The van der Waals surface area contributed by atoms with Crippen LogP contribution in [0.15, 0.2) is 36.7 Å². The van der Waals surface area contributed by atoms with Crippen LogP contribution in [0.25, 0.3) is 22.2 Å². The Hall–Kier alpha value is -3.50. The monoisotopic (exact) mass is 476 g/mol. The van der Waals surface area contributed by atoms with Crippen molar-refractivity contribution < 1.29 is 8.78 Å². The highest BCUT2D eigenvalue weighted by molar-refractivity contribution is 5.87.